The number of carbonyl (C=O) groups is 1. The van der Waals surface area contributed by atoms with E-state index >= 15 is 0 Å². The molecule has 0 spiro atoms. The van der Waals surface area contributed by atoms with Gasteiger partial charge in [-0.25, -0.2) is 0 Å². The van der Waals surface area contributed by atoms with Crippen molar-refractivity contribution in [3.63, 3.8) is 0 Å². The summed E-state index contributed by atoms with van der Waals surface area (Å²) in [5, 5.41) is 0.842. The summed E-state index contributed by atoms with van der Waals surface area (Å²) in [6.07, 6.45) is 0.606. The topological polar surface area (TPSA) is 69.0 Å². The molecule has 1 atom stereocenters. The fraction of sp³-hybridized carbons (Fsp3) is 0.214. The summed E-state index contributed by atoms with van der Waals surface area (Å²) in [6.45, 7) is 2.24. The Labute approximate surface area is 207 Å². The van der Waals surface area contributed by atoms with Gasteiger partial charge in [-0.2, -0.15) is 0 Å². The first-order valence-electron chi connectivity index (χ1n) is 11.3. The lowest BCUT2D eigenvalue weighted by Gasteiger charge is -2.25. The zero-order valence-electron chi connectivity index (χ0n) is 19.6. The first-order valence-corrected chi connectivity index (χ1v) is 11.6. The van der Waals surface area contributed by atoms with Gasteiger partial charge in [-0.05, 0) is 66.4 Å². The normalized spacial score (nSPS) is 14.9. The molecule has 0 aliphatic carbocycles. The third-order valence-electron chi connectivity index (χ3n) is 6.48. The zero-order chi connectivity index (χ0) is 24.7. The van der Waals surface area contributed by atoms with Gasteiger partial charge >= 0.3 is 0 Å². The molecule has 0 bridgehead atoms. The van der Waals surface area contributed by atoms with Crippen LogP contribution in [0.2, 0.25) is 5.02 Å². The lowest BCUT2D eigenvalue weighted by atomic mass is 9.98. The number of halogens is 1. The highest BCUT2D eigenvalue weighted by Gasteiger charge is 2.42. The van der Waals surface area contributed by atoms with Crippen LogP contribution in [-0.2, 0) is 6.42 Å². The minimum absolute atomic E-state index is 0.0831. The van der Waals surface area contributed by atoms with Gasteiger partial charge in [-0.3, -0.25) is 9.59 Å². The van der Waals surface area contributed by atoms with Gasteiger partial charge in [0.15, 0.2) is 5.43 Å². The number of carbonyl (C=O) groups excluding carboxylic acids is 1. The van der Waals surface area contributed by atoms with Crippen LogP contribution in [0.4, 0.5) is 0 Å². The quantitative estimate of drug-likeness (QED) is 0.354. The number of hydrogen-bond acceptors (Lipinski definition) is 5. The number of amides is 1. The second kappa shape index (κ2) is 9.12. The van der Waals surface area contributed by atoms with E-state index in [4.69, 9.17) is 25.5 Å². The summed E-state index contributed by atoms with van der Waals surface area (Å²) < 4.78 is 16.6. The minimum atomic E-state index is -0.581. The van der Waals surface area contributed by atoms with Crippen molar-refractivity contribution in [1.29, 1.82) is 0 Å². The van der Waals surface area contributed by atoms with E-state index in [2.05, 4.69) is 0 Å². The molecule has 35 heavy (non-hydrogen) atoms. The van der Waals surface area contributed by atoms with Crippen molar-refractivity contribution in [2.45, 2.75) is 19.4 Å². The predicted octanol–water partition coefficient (Wildman–Crippen LogP) is 5.56. The summed E-state index contributed by atoms with van der Waals surface area (Å²) >= 11 is 6.31. The Morgan fingerprint density at radius 2 is 1.57 bits per heavy atom. The Balaban J connectivity index is 1.61. The predicted molar refractivity (Wildman–Crippen MR) is 135 cm³/mol. The van der Waals surface area contributed by atoms with Gasteiger partial charge < -0.3 is 18.8 Å². The standard InChI is InChI=1S/C28H24ClNO5/c1-16-14-23-21(15-22(16)29)26(31)24-25(18-6-10-20(34-3)11-7-18)30(28(32)27(24)35-23)13-12-17-4-8-19(33-2)9-5-17/h4-11,14-15,25H,12-13H2,1-3H3. The number of ether oxygens (including phenoxy) is 2. The molecule has 0 fully saturated rings. The molecule has 6 nitrogen and oxygen atoms in total. The molecular formula is C28H24ClNO5. The number of rotatable bonds is 6. The molecule has 1 unspecified atom stereocenters. The number of methoxy groups -OCH3 is 2. The van der Waals surface area contributed by atoms with E-state index in [9.17, 15) is 9.59 Å². The van der Waals surface area contributed by atoms with Crippen LogP contribution in [0.15, 0.2) is 69.9 Å². The first kappa shape index (κ1) is 23.0. The molecule has 0 radical (unpaired) electrons. The molecule has 4 aromatic rings. The Bertz CT molecular complexity index is 1470. The number of benzene rings is 3. The highest BCUT2D eigenvalue weighted by molar-refractivity contribution is 6.32. The smallest absolute Gasteiger partial charge is 0.290 e. The van der Waals surface area contributed by atoms with E-state index in [1.807, 2.05) is 55.5 Å². The summed E-state index contributed by atoms with van der Waals surface area (Å²) in [4.78, 5) is 29.0. The maximum absolute atomic E-state index is 13.7. The van der Waals surface area contributed by atoms with Gasteiger partial charge in [0, 0.05) is 11.6 Å². The Morgan fingerprint density at radius 1 is 0.943 bits per heavy atom. The summed E-state index contributed by atoms with van der Waals surface area (Å²) in [5.74, 6) is 1.24. The van der Waals surface area contributed by atoms with Crippen LogP contribution in [0, 0.1) is 6.92 Å². The van der Waals surface area contributed by atoms with E-state index < -0.39 is 6.04 Å². The average Bonchev–Trinajstić information content (AvgIpc) is 3.16. The van der Waals surface area contributed by atoms with Crippen molar-refractivity contribution in [2.75, 3.05) is 20.8 Å². The largest absolute Gasteiger partial charge is 0.497 e. The van der Waals surface area contributed by atoms with Crippen molar-refractivity contribution in [1.82, 2.24) is 4.90 Å². The second-order valence-corrected chi connectivity index (χ2v) is 8.95. The Hall–Kier alpha value is -3.77. The van der Waals surface area contributed by atoms with Crippen LogP contribution in [0.1, 0.15) is 38.9 Å². The molecule has 0 saturated heterocycles. The fourth-order valence-electron chi connectivity index (χ4n) is 4.55. The molecule has 0 saturated carbocycles. The molecular weight excluding hydrogens is 466 g/mol. The molecule has 1 aromatic heterocycles. The average molecular weight is 490 g/mol. The fourth-order valence-corrected chi connectivity index (χ4v) is 4.71. The molecule has 2 heterocycles. The van der Waals surface area contributed by atoms with Crippen LogP contribution in [0.3, 0.4) is 0 Å². The van der Waals surface area contributed by atoms with Crippen LogP contribution in [0.5, 0.6) is 11.5 Å². The van der Waals surface area contributed by atoms with Crippen LogP contribution in [-0.4, -0.2) is 31.6 Å². The molecule has 1 aliphatic rings. The van der Waals surface area contributed by atoms with E-state index in [0.29, 0.717) is 40.3 Å². The molecule has 0 N–H and O–H groups in total. The highest BCUT2D eigenvalue weighted by atomic mass is 35.5. The zero-order valence-corrected chi connectivity index (χ0v) is 20.4. The molecule has 1 amide bonds. The lowest BCUT2D eigenvalue weighted by Crippen LogP contribution is -2.31. The SMILES string of the molecule is COc1ccc(CCN2C(=O)c3oc4cc(C)c(Cl)cc4c(=O)c3C2c2ccc(OC)cc2)cc1. The van der Waals surface area contributed by atoms with Crippen molar-refractivity contribution in [2.24, 2.45) is 0 Å². The molecule has 5 rings (SSSR count). The summed E-state index contributed by atoms with van der Waals surface area (Å²) in [5.41, 5.74) is 3.07. The highest BCUT2D eigenvalue weighted by Crippen LogP contribution is 2.39. The molecule has 178 valence electrons. The Kier molecular flexibility index (Phi) is 5.99. The van der Waals surface area contributed by atoms with Crippen LogP contribution >= 0.6 is 11.6 Å². The first-order chi connectivity index (χ1) is 16.9. The number of nitrogens with zero attached hydrogens (tertiary/aromatic N) is 1. The van der Waals surface area contributed by atoms with Gasteiger partial charge in [0.05, 0.1) is 31.2 Å². The third-order valence-corrected chi connectivity index (χ3v) is 6.89. The van der Waals surface area contributed by atoms with E-state index in [-0.39, 0.29) is 17.1 Å². The maximum Gasteiger partial charge on any atom is 0.290 e. The Morgan fingerprint density at radius 3 is 2.20 bits per heavy atom. The van der Waals surface area contributed by atoms with Crippen molar-refractivity contribution in [3.05, 3.63) is 104 Å². The van der Waals surface area contributed by atoms with Gasteiger partial charge in [0.25, 0.3) is 5.91 Å². The molecule has 1 aliphatic heterocycles. The molecule has 3 aromatic carbocycles. The van der Waals surface area contributed by atoms with Gasteiger partial charge in [-0.1, -0.05) is 35.9 Å². The van der Waals surface area contributed by atoms with Crippen molar-refractivity contribution < 1.29 is 18.7 Å². The van der Waals surface area contributed by atoms with Crippen molar-refractivity contribution >= 4 is 28.5 Å². The number of hydrogen-bond donors (Lipinski definition) is 0. The third kappa shape index (κ3) is 4.04. The number of aryl methyl sites for hydroxylation is 1. The van der Waals surface area contributed by atoms with E-state index in [1.165, 1.54) is 0 Å². The second-order valence-electron chi connectivity index (χ2n) is 8.54. The van der Waals surface area contributed by atoms with E-state index in [0.717, 1.165) is 22.4 Å². The van der Waals surface area contributed by atoms with Crippen molar-refractivity contribution in [3.8, 4) is 11.5 Å². The van der Waals surface area contributed by atoms with Gasteiger partial charge in [0.1, 0.15) is 17.1 Å². The number of fused-ring (bicyclic) bond motifs is 2. The van der Waals surface area contributed by atoms with Gasteiger partial charge in [-0.15, -0.1) is 0 Å². The summed E-state index contributed by atoms with van der Waals surface area (Å²) in [6, 6.07) is 17.8. The van der Waals surface area contributed by atoms with Crippen LogP contribution < -0.4 is 14.9 Å². The van der Waals surface area contributed by atoms with E-state index in [1.54, 1.807) is 31.3 Å². The van der Waals surface area contributed by atoms with Crippen LogP contribution in [0.25, 0.3) is 11.0 Å². The lowest BCUT2D eigenvalue weighted by molar-refractivity contribution is 0.0730. The van der Waals surface area contributed by atoms with Gasteiger partial charge in [0.2, 0.25) is 5.76 Å². The summed E-state index contributed by atoms with van der Waals surface area (Å²) in [7, 11) is 3.22. The monoisotopic (exact) mass is 489 g/mol. The maximum atomic E-state index is 13.7. The molecule has 7 heteroatoms. The minimum Gasteiger partial charge on any atom is -0.497 e.